The summed E-state index contributed by atoms with van der Waals surface area (Å²) in [6.07, 6.45) is 0.793. The molecule has 2 N–H and O–H groups in total. The Bertz CT molecular complexity index is 788. The van der Waals surface area contributed by atoms with Crippen molar-refractivity contribution in [2.75, 3.05) is 18.9 Å². The number of ether oxygens (including phenoxy) is 2. The molecule has 24 heavy (non-hydrogen) atoms. The highest BCUT2D eigenvalue weighted by Gasteiger charge is 2.05. The molecule has 0 saturated carbocycles. The zero-order chi connectivity index (χ0) is 16.8. The van der Waals surface area contributed by atoms with Crippen LogP contribution >= 0.6 is 11.3 Å². The van der Waals surface area contributed by atoms with Crippen molar-refractivity contribution in [2.24, 2.45) is 0 Å². The summed E-state index contributed by atoms with van der Waals surface area (Å²) in [7, 11) is 0. The first-order chi connectivity index (χ1) is 11.7. The summed E-state index contributed by atoms with van der Waals surface area (Å²) in [6.45, 7) is 3.22. The molecule has 3 aromatic rings. The number of thiazole rings is 1. The van der Waals surface area contributed by atoms with Gasteiger partial charge in [0.25, 0.3) is 0 Å². The first-order valence-corrected chi connectivity index (χ1v) is 8.77. The van der Waals surface area contributed by atoms with E-state index in [1.807, 2.05) is 60.3 Å². The molecule has 2 aromatic carbocycles. The molecule has 0 amide bonds. The normalized spacial score (nSPS) is 10.5. The highest BCUT2D eigenvalue weighted by atomic mass is 32.1. The molecule has 0 aliphatic heterocycles. The van der Waals surface area contributed by atoms with E-state index < -0.39 is 0 Å². The topological polar surface area (TPSA) is 57.4 Å². The van der Waals surface area contributed by atoms with Crippen molar-refractivity contribution >= 4 is 17.0 Å². The number of aromatic nitrogens is 1. The van der Waals surface area contributed by atoms with Gasteiger partial charge in [-0.3, -0.25) is 0 Å². The molecule has 0 spiro atoms. The van der Waals surface area contributed by atoms with Crippen LogP contribution in [0.2, 0.25) is 0 Å². The molecule has 124 valence electrons. The number of hydrogen-bond acceptors (Lipinski definition) is 5. The van der Waals surface area contributed by atoms with Gasteiger partial charge in [0.2, 0.25) is 0 Å². The van der Waals surface area contributed by atoms with Crippen LogP contribution in [0, 0.1) is 6.92 Å². The standard InChI is InChI=1S/C19H20N2O2S/c1-14-4-2-5-16(10-14)22-8-3-9-23-19-7-6-15(11-17(19)20)18-12-24-13-21-18/h2,4-7,10-13H,3,8-9,20H2,1H3. The largest absolute Gasteiger partial charge is 0.493 e. The lowest BCUT2D eigenvalue weighted by atomic mass is 10.1. The highest BCUT2D eigenvalue weighted by molar-refractivity contribution is 7.07. The Morgan fingerprint density at radius 3 is 2.71 bits per heavy atom. The monoisotopic (exact) mass is 340 g/mol. The van der Waals surface area contributed by atoms with E-state index in [4.69, 9.17) is 15.2 Å². The molecule has 3 rings (SSSR count). The first kappa shape index (κ1) is 16.3. The van der Waals surface area contributed by atoms with Gasteiger partial charge in [0, 0.05) is 17.4 Å². The number of rotatable bonds is 7. The molecule has 0 atom stereocenters. The van der Waals surface area contributed by atoms with Crippen LogP contribution in [0.15, 0.2) is 53.4 Å². The quantitative estimate of drug-likeness (QED) is 0.506. The molecule has 1 heterocycles. The number of nitrogens with zero attached hydrogens (tertiary/aromatic N) is 1. The van der Waals surface area contributed by atoms with Crippen molar-refractivity contribution in [1.29, 1.82) is 0 Å². The third-order valence-corrected chi connectivity index (χ3v) is 4.13. The van der Waals surface area contributed by atoms with Crippen molar-refractivity contribution in [3.63, 3.8) is 0 Å². The van der Waals surface area contributed by atoms with Gasteiger partial charge in [-0.25, -0.2) is 4.98 Å². The van der Waals surface area contributed by atoms with Crippen LogP contribution in [0.25, 0.3) is 11.3 Å². The van der Waals surface area contributed by atoms with Gasteiger partial charge in [-0.05, 0) is 42.8 Å². The lowest BCUT2D eigenvalue weighted by Gasteiger charge is -2.11. The van der Waals surface area contributed by atoms with Crippen LogP contribution in [0.1, 0.15) is 12.0 Å². The molecule has 0 aliphatic carbocycles. The van der Waals surface area contributed by atoms with Crippen LogP contribution < -0.4 is 15.2 Å². The fourth-order valence-corrected chi connectivity index (χ4v) is 2.89. The molecule has 0 radical (unpaired) electrons. The summed E-state index contributed by atoms with van der Waals surface area (Å²) < 4.78 is 11.5. The number of aryl methyl sites for hydroxylation is 1. The fourth-order valence-electron chi connectivity index (χ4n) is 2.33. The molecule has 0 fully saturated rings. The zero-order valence-corrected chi connectivity index (χ0v) is 14.4. The number of nitrogens with two attached hydrogens (primary N) is 1. The zero-order valence-electron chi connectivity index (χ0n) is 13.6. The van der Waals surface area contributed by atoms with Crippen LogP contribution in [0.4, 0.5) is 5.69 Å². The summed E-state index contributed by atoms with van der Waals surface area (Å²) in [4.78, 5) is 4.28. The Balaban J connectivity index is 1.47. The molecular formula is C19H20N2O2S. The van der Waals surface area contributed by atoms with Crippen LogP contribution in [0.5, 0.6) is 11.5 Å². The van der Waals surface area contributed by atoms with Crippen molar-refractivity contribution < 1.29 is 9.47 Å². The van der Waals surface area contributed by atoms with E-state index in [-0.39, 0.29) is 0 Å². The predicted octanol–water partition coefficient (Wildman–Crippen LogP) is 4.55. The van der Waals surface area contributed by atoms with E-state index in [0.29, 0.717) is 24.7 Å². The molecule has 5 heteroatoms. The van der Waals surface area contributed by atoms with E-state index in [0.717, 1.165) is 23.4 Å². The molecule has 4 nitrogen and oxygen atoms in total. The highest BCUT2D eigenvalue weighted by Crippen LogP contribution is 2.28. The summed E-state index contributed by atoms with van der Waals surface area (Å²) in [5.74, 6) is 1.59. The van der Waals surface area contributed by atoms with Crippen molar-refractivity contribution in [1.82, 2.24) is 4.98 Å². The summed E-state index contributed by atoms with van der Waals surface area (Å²) in [6, 6.07) is 13.8. The molecule has 0 bridgehead atoms. The Labute approximate surface area is 145 Å². The van der Waals surface area contributed by atoms with Gasteiger partial charge in [0.15, 0.2) is 0 Å². The smallest absolute Gasteiger partial charge is 0.142 e. The molecule has 0 unspecified atom stereocenters. The van der Waals surface area contributed by atoms with Gasteiger partial charge in [-0.2, -0.15) is 0 Å². The SMILES string of the molecule is Cc1cccc(OCCCOc2ccc(-c3cscn3)cc2N)c1. The third-order valence-electron chi connectivity index (χ3n) is 3.54. The molecule has 0 saturated heterocycles. The van der Waals surface area contributed by atoms with Crippen LogP contribution in [-0.2, 0) is 0 Å². The maximum Gasteiger partial charge on any atom is 0.142 e. The second-order valence-electron chi connectivity index (χ2n) is 5.49. The second-order valence-corrected chi connectivity index (χ2v) is 6.21. The van der Waals surface area contributed by atoms with Gasteiger partial charge < -0.3 is 15.2 Å². The first-order valence-electron chi connectivity index (χ1n) is 7.83. The van der Waals surface area contributed by atoms with E-state index in [1.165, 1.54) is 5.56 Å². The lowest BCUT2D eigenvalue weighted by Crippen LogP contribution is -2.06. The van der Waals surface area contributed by atoms with E-state index >= 15 is 0 Å². The number of benzene rings is 2. The predicted molar refractivity (Wildman–Crippen MR) is 98.7 cm³/mol. The molecule has 0 aliphatic rings. The fraction of sp³-hybridized carbons (Fsp3) is 0.211. The minimum atomic E-state index is 0.562. The van der Waals surface area contributed by atoms with Crippen molar-refractivity contribution in [3.8, 4) is 22.8 Å². The van der Waals surface area contributed by atoms with E-state index in [1.54, 1.807) is 11.3 Å². The van der Waals surface area contributed by atoms with Gasteiger partial charge >= 0.3 is 0 Å². The van der Waals surface area contributed by atoms with Gasteiger partial charge in [-0.15, -0.1) is 11.3 Å². The van der Waals surface area contributed by atoms with Crippen molar-refractivity contribution in [2.45, 2.75) is 13.3 Å². The maximum absolute atomic E-state index is 6.07. The summed E-state index contributed by atoms with van der Waals surface area (Å²) in [5, 5.41) is 2.00. The average Bonchev–Trinajstić information content (AvgIpc) is 3.10. The van der Waals surface area contributed by atoms with E-state index in [2.05, 4.69) is 4.98 Å². The second kappa shape index (κ2) is 7.84. The molecular weight excluding hydrogens is 320 g/mol. The Morgan fingerprint density at radius 2 is 1.96 bits per heavy atom. The number of anilines is 1. The summed E-state index contributed by atoms with van der Waals surface area (Å²) >= 11 is 1.57. The third kappa shape index (κ3) is 4.26. The maximum atomic E-state index is 6.07. The minimum absolute atomic E-state index is 0.562. The van der Waals surface area contributed by atoms with Gasteiger partial charge in [-0.1, -0.05) is 12.1 Å². The van der Waals surface area contributed by atoms with Crippen molar-refractivity contribution in [3.05, 3.63) is 58.9 Å². The summed E-state index contributed by atoms with van der Waals surface area (Å²) in [5.41, 5.74) is 11.6. The van der Waals surface area contributed by atoms with Crippen LogP contribution in [-0.4, -0.2) is 18.2 Å². The lowest BCUT2D eigenvalue weighted by molar-refractivity contribution is 0.248. The molecule has 1 aromatic heterocycles. The number of nitrogen functional groups attached to an aromatic ring is 1. The van der Waals surface area contributed by atoms with Crippen LogP contribution in [0.3, 0.4) is 0 Å². The van der Waals surface area contributed by atoms with E-state index in [9.17, 15) is 0 Å². The Morgan fingerprint density at radius 1 is 1.08 bits per heavy atom. The Kier molecular flexibility index (Phi) is 5.33. The van der Waals surface area contributed by atoms with Gasteiger partial charge in [0.05, 0.1) is 30.1 Å². The Hall–Kier alpha value is -2.53. The minimum Gasteiger partial charge on any atom is -0.493 e. The van der Waals surface area contributed by atoms with Gasteiger partial charge in [0.1, 0.15) is 11.5 Å². The number of hydrogen-bond donors (Lipinski definition) is 1. The average molecular weight is 340 g/mol.